The molecule has 1 rings (SSSR count). The van der Waals surface area contributed by atoms with E-state index >= 15 is 0 Å². The molecule has 0 fully saturated rings. The van der Waals surface area contributed by atoms with Crippen molar-refractivity contribution in [3.05, 3.63) is 53.7 Å². The van der Waals surface area contributed by atoms with Crippen LogP contribution in [-0.4, -0.2) is 17.5 Å². The predicted octanol–water partition coefficient (Wildman–Crippen LogP) is 2.19. The SMILES string of the molecule is CC/C(=C/C=C(/C(=O)O)c1ccccc1)NC=O. The minimum absolute atomic E-state index is 0.189. The van der Waals surface area contributed by atoms with E-state index in [4.69, 9.17) is 5.11 Å². The fourth-order valence-corrected chi connectivity index (χ4v) is 1.44. The van der Waals surface area contributed by atoms with Gasteiger partial charge in [0.2, 0.25) is 6.41 Å². The van der Waals surface area contributed by atoms with Gasteiger partial charge >= 0.3 is 5.97 Å². The largest absolute Gasteiger partial charge is 0.478 e. The van der Waals surface area contributed by atoms with Crippen LogP contribution >= 0.6 is 0 Å². The van der Waals surface area contributed by atoms with Crippen LogP contribution in [0.2, 0.25) is 0 Å². The molecule has 0 aliphatic rings. The van der Waals surface area contributed by atoms with Crippen molar-refractivity contribution in [1.29, 1.82) is 0 Å². The quantitative estimate of drug-likeness (QED) is 0.458. The van der Waals surface area contributed by atoms with Crippen LogP contribution in [0, 0.1) is 0 Å². The lowest BCUT2D eigenvalue weighted by atomic mass is 10.1. The summed E-state index contributed by atoms with van der Waals surface area (Å²) in [5, 5.41) is 11.7. The molecule has 1 aromatic rings. The van der Waals surface area contributed by atoms with Crippen LogP contribution in [0.4, 0.5) is 0 Å². The highest BCUT2D eigenvalue weighted by Gasteiger charge is 2.08. The number of carboxylic acid groups (broad SMARTS) is 1. The first-order valence-corrected chi connectivity index (χ1v) is 5.58. The van der Waals surface area contributed by atoms with Crippen molar-refractivity contribution in [2.45, 2.75) is 13.3 Å². The van der Waals surface area contributed by atoms with Crippen LogP contribution in [0.15, 0.2) is 48.2 Å². The number of amides is 1. The number of allylic oxidation sites excluding steroid dienone is 3. The van der Waals surface area contributed by atoms with Crippen LogP contribution < -0.4 is 5.32 Å². The van der Waals surface area contributed by atoms with E-state index in [9.17, 15) is 9.59 Å². The van der Waals surface area contributed by atoms with Gasteiger partial charge < -0.3 is 10.4 Å². The molecule has 0 atom stereocenters. The van der Waals surface area contributed by atoms with Gasteiger partial charge in [-0.25, -0.2) is 4.79 Å². The smallest absolute Gasteiger partial charge is 0.336 e. The number of rotatable bonds is 6. The maximum absolute atomic E-state index is 11.2. The minimum Gasteiger partial charge on any atom is -0.478 e. The van der Waals surface area contributed by atoms with Gasteiger partial charge in [0, 0.05) is 5.70 Å². The van der Waals surface area contributed by atoms with Gasteiger partial charge in [-0.05, 0) is 24.1 Å². The molecule has 0 radical (unpaired) electrons. The molecule has 18 heavy (non-hydrogen) atoms. The van der Waals surface area contributed by atoms with Gasteiger partial charge in [-0.15, -0.1) is 0 Å². The topological polar surface area (TPSA) is 66.4 Å². The molecule has 4 nitrogen and oxygen atoms in total. The molecular weight excluding hydrogens is 230 g/mol. The fraction of sp³-hybridized carbons (Fsp3) is 0.143. The van der Waals surface area contributed by atoms with Gasteiger partial charge in [0.1, 0.15) is 0 Å². The van der Waals surface area contributed by atoms with E-state index in [1.807, 2.05) is 13.0 Å². The predicted molar refractivity (Wildman–Crippen MR) is 69.6 cm³/mol. The molecule has 2 N–H and O–H groups in total. The number of benzene rings is 1. The molecule has 1 amide bonds. The third-order valence-corrected chi connectivity index (χ3v) is 2.39. The van der Waals surface area contributed by atoms with Gasteiger partial charge in [-0.3, -0.25) is 4.79 Å². The molecule has 94 valence electrons. The van der Waals surface area contributed by atoms with Gasteiger partial charge in [0.15, 0.2) is 0 Å². The first kappa shape index (κ1) is 13.7. The fourth-order valence-electron chi connectivity index (χ4n) is 1.44. The van der Waals surface area contributed by atoms with E-state index in [-0.39, 0.29) is 5.57 Å². The maximum atomic E-state index is 11.2. The van der Waals surface area contributed by atoms with Crippen molar-refractivity contribution < 1.29 is 14.7 Å². The third-order valence-electron chi connectivity index (χ3n) is 2.39. The van der Waals surface area contributed by atoms with E-state index in [1.54, 1.807) is 30.3 Å². The number of carbonyl (C=O) groups excluding carboxylic acids is 1. The number of hydrogen-bond donors (Lipinski definition) is 2. The minimum atomic E-state index is -1.00. The molecule has 0 heterocycles. The Morgan fingerprint density at radius 2 is 1.94 bits per heavy atom. The summed E-state index contributed by atoms with van der Waals surface area (Å²) in [6, 6.07) is 8.84. The van der Waals surface area contributed by atoms with Gasteiger partial charge in [0.25, 0.3) is 0 Å². The van der Waals surface area contributed by atoms with E-state index in [0.717, 1.165) is 0 Å². The highest BCUT2D eigenvalue weighted by Crippen LogP contribution is 2.14. The molecule has 0 aliphatic carbocycles. The van der Waals surface area contributed by atoms with Crippen LogP contribution in [0.1, 0.15) is 18.9 Å². The van der Waals surface area contributed by atoms with E-state index in [1.165, 1.54) is 6.08 Å². The summed E-state index contributed by atoms with van der Waals surface area (Å²) in [7, 11) is 0. The summed E-state index contributed by atoms with van der Waals surface area (Å²) in [5.74, 6) is -1.00. The van der Waals surface area contributed by atoms with E-state index < -0.39 is 5.97 Å². The van der Waals surface area contributed by atoms with Crippen LogP contribution in [0.25, 0.3) is 5.57 Å². The molecule has 0 aromatic heterocycles. The first-order chi connectivity index (χ1) is 8.69. The molecule has 0 unspecified atom stereocenters. The average Bonchev–Trinajstić information content (AvgIpc) is 2.38. The summed E-state index contributed by atoms with van der Waals surface area (Å²) in [6.07, 6.45) is 4.29. The zero-order valence-electron chi connectivity index (χ0n) is 10.1. The zero-order chi connectivity index (χ0) is 13.4. The number of carbonyl (C=O) groups is 2. The normalized spacial score (nSPS) is 12.1. The van der Waals surface area contributed by atoms with E-state index in [2.05, 4.69) is 5.32 Å². The van der Waals surface area contributed by atoms with Crippen LogP contribution in [0.3, 0.4) is 0 Å². The number of hydrogen-bond acceptors (Lipinski definition) is 2. The Labute approximate surface area is 106 Å². The third kappa shape index (κ3) is 3.90. The Kier molecular flexibility index (Phi) is 5.38. The second-order valence-electron chi connectivity index (χ2n) is 3.56. The van der Waals surface area contributed by atoms with Crippen molar-refractivity contribution >= 4 is 18.0 Å². The second kappa shape index (κ2) is 7.06. The highest BCUT2D eigenvalue weighted by atomic mass is 16.4. The van der Waals surface area contributed by atoms with Crippen LogP contribution in [-0.2, 0) is 9.59 Å². The Balaban J connectivity index is 3.06. The molecule has 0 saturated carbocycles. The summed E-state index contributed by atoms with van der Waals surface area (Å²) in [5.41, 5.74) is 1.48. The average molecular weight is 245 g/mol. The molecule has 0 bridgehead atoms. The standard InChI is InChI=1S/C14H15NO3/c1-2-12(15-10-16)8-9-13(14(17)18)11-6-4-3-5-7-11/h3-10H,2H2,1H3,(H,15,16)(H,17,18)/b12-8-,13-9+. The van der Waals surface area contributed by atoms with Gasteiger partial charge in [0.05, 0.1) is 5.57 Å². The molecular formula is C14H15NO3. The van der Waals surface area contributed by atoms with E-state index in [0.29, 0.717) is 24.1 Å². The van der Waals surface area contributed by atoms with Crippen molar-refractivity contribution in [2.24, 2.45) is 0 Å². The molecule has 0 spiro atoms. The zero-order valence-corrected chi connectivity index (χ0v) is 10.1. The number of carboxylic acids is 1. The lowest BCUT2D eigenvalue weighted by molar-refractivity contribution is -0.130. The summed E-state index contributed by atoms with van der Waals surface area (Å²) in [6.45, 7) is 1.87. The summed E-state index contributed by atoms with van der Waals surface area (Å²) in [4.78, 5) is 21.5. The number of aliphatic carboxylic acids is 1. The Morgan fingerprint density at radius 3 is 2.44 bits per heavy atom. The number of nitrogens with one attached hydrogen (secondary N) is 1. The monoisotopic (exact) mass is 245 g/mol. The van der Waals surface area contributed by atoms with Gasteiger partial charge in [-0.1, -0.05) is 37.3 Å². The van der Waals surface area contributed by atoms with Gasteiger partial charge in [-0.2, -0.15) is 0 Å². The molecule has 4 heteroatoms. The maximum Gasteiger partial charge on any atom is 0.336 e. The van der Waals surface area contributed by atoms with Crippen LogP contribution in [0.5, 0.6) is 0 Å². The second-order valence-corrected chi connectivity index (χ2v) is 3.56. The first-order valence-electron chi connectivity index (χ1n) is 5.58. The van der Waals surface area contributed by atoms with Crippen molar-refractivity contribution in [3.8, 4) is 0 Å². The van der Waals surface area contributed by atoms with Crippen molar-refractivity contribution in [1.82, 2.24) is 5.32 Å². The Morgan fingerprint density at radius 1 is 1.28 bits per heavy atom. The summed E-state index contributed by atoms with van der Waals surface area (Å²) < 4.78 is 0. The van der Waals surface area contributed by atoms with Crippen molar-refractivity contribution in [3.63, 3.8) is 0 Å². The summed E-state index contributed by atoms with van der Waals surface area (Å²) >= 11 is 0. The molecule has 1 aromatic carbocycles. The highest BCUT2D eigenvalue weighted by molar-refractivity contribution is 6.15. The molecule has 0 aliphatic heterocycles. The Hall–Kier alpha value is -2.36. The molecule has 0 saturated heterocycles. The lowest BCUT2D eigenvalue weighted by Gasteiger charge is -2.03. The van der Waals surface area contributed by atoms with Crippen molar-refractivity contribution in [2.75, 3.05) is 0 Å². The Bertz CT molecular complexity index is 475. The lowest BCUT2D eigenvalue weighted by Crippen LogP contribution is -2.09.